The normalized spacial score (nSPS) is 16.2. The minimum Gasteiger partial charge on any atom is -0.337 e. The number of carbonyl (C=O) groups excluding carboxylic acids is 2. The lowest BCUT2D eigenvalue weighted by Crippen LogP contribution is -2.54. The van der Waals surface area contributed by atoms with Crippen molar-refractivity contribution in [2.24, 2.45) is 0 Å². The summed E-state index contributed by atoms with van der Waals surface area (Å²) in [5, 5.41) is 0. The third-order valence-electron chi connectivity index (χ3n) is 4.35. The zero-order valence-corrected chi connectivity index (χ0v) is 15.3. The van der Waals surface area contributed by atoms with E-state index in [2.05, 4.69) is 6.07 Å². The Balaban J connectivity index is 2.08. The van der Waals surface area contributed by atoms with Crippen molar-refractivity contribution in [2.75, 3.05) is 54.4 Å². The van der Waals surface area contributed by atoms with Crippen LogP contribution in [0.5, 0.6) is 0 Å². The zero-order valence-electron chi connectivity index (χ0n) is 15.3. The molecule has 0 radical (unpaired) electrons. The summed E-state index contributed by atoms with van der Waals surface area (Å²) in [5.74, 6) is 0.0996. The van der Waals surface area contributed by atoms with Crippen LogP contribution in [0.15, 0.2) is 24.3 Å². The SMILES string of the molecule is Cc1cccc(C(C(=O)N2CCN(C(=O)N(C)C)CC2)N(C)C)c1. The van der Waals surface area contributed by atoms with Crippen LogP contribution in [0.3, 0.4) is 0 Å². The molecule has 0 aliphatic carbocycles. The van der Waals surface area contributed by atoms with Gasteiger partial charge in [-0.25, -0.2) is 4.79 Å². The number of benzene rings is 1. The number of nitrogens with zero attached hydrogens (tertiary/aromatic N) is 4. The fourth-order valence-corrected chi connectivity index (χ4v) is 3.08. The van der Waals surface area contributed by atoms with Gasteiger partial charge in [-0.2, -0.15) is 0 Å². The van der Waals surface area contributed by atoms with Crippen LogP contribution in [-0.4, -0.2) is 85.9 Å². The van der Waals surface area contributed by atoms with Gasteiger partial charge in [-0.15, -0.1) is 0 Å². The Morgan fingerprint density at radius 2 is 1.58 bits per heavy atom. The van der Waals surface area contributed by atoms with Crippen molar-refractivity contribution < 1.29 is 9.59 Å². The largest absolute Gasteiger partial charge is 0.337 e. The fraction of sp³-hybridized carbons (Fsp3) is 0.556. The van der Waals surface area contributed by atoms with Gasteiger partial charge < -0.3 is 14.7 Å². The molecule has 6 heteroatoms. The Morgan fingerprint density at radius 1 is 1.00 bits per heavy atom. The quantitative estimate of drug-likeness (QED) is 0.841. The van der Waals surface area contributed by atoms with E-state index in [9.17, 15) is 9.59 Å². The maximum Gasteiger partial charge on any atom is 0.319 e. The Kier molecular flexibility index (Phi) is 5.83. The number of urea groups is 1. The number of rotatable bonds is 3. The lowest BCUT2D eigenvalue weighted by molar-refractivity contribution is -0.137. The summed E-state index contributed by atoms with van der Waals surface area (Å²) in [6.45, 7) is 4.35. The molecule has 0 bridgehead atoms. The van der Waals surface area contributed by atoms with Crippen LogP contribution >= 0.6 is 0 Å². The van der Waals surface area contributed by atoms with Gasteiger partial charge in [0.15, 0.2) is 0 Å². The highest BCUT2D eigenvalue weighted by atomic mass is 16.2. The van der Waals surface area contributed by atoms with Gasteiger partial charge in [-0.3, -0.25) is 9.69 Å². The van der Waals surface area contributed by atoms with Gasteiger partial charge in [0.05, 0.1) is 0 Å². The highest BCUT2D eigenvalue weighted by Crippen LogP contribution is 2.22. The molecule has 1 aromatic rings. The molecular weight excluding hydrogens is 304 g/mol. The predicted molar refractivity (Wildman–Crippen MR) is 94.8 cm³/mol. The molecule has 24 heavy (non-hydrogen) atoms. The predicted octanol–water partition coefficient (Wildman–Crippen LogP) is 1.42. The molecule has 0 N–H and O–H groups in total. The summed E-state index contributed by atoms with van der Waals surface area (Å²) in [5.41, 5.74) is 2.16. The molecule has 6 nitrogen and oxygen atoms in total. The van der Waals surface area contributed by atoms with E-state index in [-0.39, 0.29) is 18.0 Å². The highest BCUT2D eigenvalue weighted by molar-refractivity contribution is 5.84. The summed E-state index contributed by atoms with van der Waals surface area (Å²) < 4.78 is 0. The molecular formula is C18H28N4O2. The number of hydrogen-bond donors (Lipinski definition) is 0. The van der Waals surface area contributed by atoms with Crippen molar-refractivity contribution in [3.8, 4) is 0 Å². The Labute approximate surface area is 144 Å². The van der Waals surface area contributed by atoms with Crippen molar-refractivity contribution in [1.29, 1.82) is 0 Å². The van der Waals surface area contributed by atoms with E-state index < -0.39 is 0 Å². The van der Waals surface area contributed by atoms with E-state index in [0.29, 0.717) is 26.2 Å². The molecule has 1 unspecified atom stereocenters. The highest BCUT2D eigenvalue weighted by Gasteiger charge is 2.31. The third-order valence-corrected chi connectivity index (χ3v) is 4.35. The van der Waals surface area contributed by atoms with Gasteiger partial charge in [0, 0.05) is 40.3 Å². The number of carbonyl (C=O) groups is 2. The van der Waals surface area contributed by atoms with Crippen LogP contribution in [0.25, 0.3) is 0 Å². The van der Waals surface area contributed by atoms with Crippen molar-refractivity contribution in [1.82, 2.24) is 19.6 Å². The second-order valence-corrected chi connectivity index (χ2v) is 6.77. The zero-order chi connectivity index (χ0) is 17.9. The molecule has 1 fully saturated rings. The number of aryl methyl sites for hydroxylation is 1. The number of likely N-dealkylation sites (N-methyl/N-ethyl adjacent to an activating group) is 1. The molecule has 2 rings (SSSR count). The van der Waals surface area contributed by atoms with Crippen LogP contribution in [0, 0.1) is 6.92 Å². The van der Waals surface area contributed by atoms with E-state index in [1.807, 2.05) is 49.0 Å². The molecule has 132 valence electrons. The van der Waals surface area contributed by atoms with E-state index in [1.165, 1.54) is 0 Å². The van der Waals surface area contributed by atoms with E-state index in [0.717, 1.165) is 11.1 Å². The molecule has 1 aliphatic rings. The summed E-state index contributed by atoms with van der Waals surface area (Å²) in [6, 6.07) is 7.80. The van der Waals surface area contributed by atoms with Crippen LogP contribution < -0.4 is 0 Å². The minimum absolute atomic E-state index is 0.00458. The van der Waals surface area contributed by atoms with Gasteiger partial charge in [0.2, 0.25) is 5.91 Å². The maximum absolute atomic E-state index is 13.0. The molecule has 1 aromatic carbocycles. The summed E-state index contributed by atoms with van der Waals surface area (Å²) >= 11 is 0. The first-order valence-corrected chi connectivity index (χ1v) is 8.29. The Morgan fingerprint density at radius 3 is 2.08 bits per heavy atom. The second kappa shape index (κ2) is 7.66. The van der Waals surface area contributed by atoms with Crippen LogP contribution in [0.1, 0.15) is 17.2 Å². The summed E-state index contributed by atoms with van der Waals surface area (Å²) in [4.78, 5) is 32.2. The first-order valence-electron chi connectivity index (χ1n) is 8.29. The average Bonchev–Trinajstić information content (AvgIpc) is 2.54. The minimum atomic E-state index is -0.291. The van der Waals surface area contributed by atoms with Gasteiger partial charge in [0.1, 0.15) is 6.04 Å². The fourth-order valence-electron chi connectivity index (χ4n) is 3.08. The molecule has 0 saturated carbocycles. The Hall–Kier alpha value is -2.08. The van der Waals surface area contributed by atoms with E-state index in [4.69, 9.17) is 0 Å². The lowest BCUT2D eigenvalue weighted by atomic mass is 10.0. The molecule has 3 amide bonds. The van der Waals surface area contributed by atoms with Crippen LogP contribution in [0.2, 0.25) is 0 Å². The van der Waals surface area contributed by atoms with Crippen molar-refractivity contribution in [3.05, 3.63) is 35.4 Å². The first-order chi connectivity index (χ1) is 11.3. The standard InChI is InChI=1S/C18H28N4O2/c1-14-7-6-8-15(13-14)16(19(2)3)17(23)21-9-11-22(12-10-21)18(24)20(4)5/h6-8,13,16H,9-12H2,1-5H3. The van der Waals surface area contributed by atoms with Crippen molar-refractivity contribution in [2.45, 2.75) is 13.0 Å². The number of amides is 3. The second-order valence-electron chi connectivity index (χ2n) is 6.77. The molecule has 1 saturated heterocycles. The molecule has 1 atom stereocenters. The third kappa shape index (κ3) is 4.06. The van der Waals surface area contributed by atoms with Crippen LogP contribution in [0.4, 0.5) is 4.79 Å². The summed E-state index contributed by atoms with van der Waals surface area (Å²) in [6.07, 6.45) is 0. The van der Waals surface area contributed by atoms with Crippen molar-refractivity contribution in [3.63, 3.8) is 0 Å². The smallest absolute Gasteiger partial charge is 0.319 e. The molecule has 0 aromatic heterocycles. The lowest BCUT2D eigenvalue weighted by Gasteiger charge is -2.38. The topological polar surface area (TPSA) is 47.1 Å². The number of piperazine rings is 1. The monoisotopic (exact) mass is 332 g/mol. The summed E-state index contributed by atoms with van der Waals surface area (Å²) in [7, 11) is 7.35. The number of hydrogen-bond acceptors (Lipinski definition) is 3. The molecule has 0 spiro atoms. The molecule has 1 heterocycles. The van der Waals surface area contributed by atoms with Gasteiger partial charge >= 0.3 is 6.03 Å². The van der Waals surface area contributed by atoms with Crippen molar-refractivity contribution >= 4 is 11.9 Å². The van der Waals surface area contributed by atoms with Gasteiger partial charge in [-0.05, 0) is 26.6 Å². The van der Waals surface area contributed by atoms with Gasteiger partial charge in [0.25, 0.3) is 0 Å². The first kappa shape index (κ1) is 18.3. The molecule has 1 aliphatic heterocycles. The van der Waals surface area contributed by atoms with E-state index in [1.54, 1.807) is 23.9 Å². The van der Waals surface area contributed by atoms with E-state index >= 15 is 0 Å². The Bertz CT molecular complexity index is 592. The van der Waals surface area contributed by atoms with Crippen LogP contribution in [-0.2, 0) is 4.79 Å². The average molecular weight is 332 g/mol. The van der Waals surface area contributed by atoms with Gasteiger partial charge in [-0.1, -0.05) is 29.8 Å². The maximum atomic E-state index is 13.0.